The third-order valence-electron chi connectivity index (χ3n) is 2.86. The van der Waals surface area contributed by atoms with Gasteiger partial charge in [0.25, 0.3) is 0 Å². The maximum atomic E-state index is 11.8. The average Bonchev–Trinajstić information content (AvgIpc) is 2.21. The van der Waals surface area contributed by atoms with Gasteiger partial charge in [0.2, 0.25) is 0 Å². The molecule has 1 aromatic rings. The zero-order valence-electron chi connectivity index (χ0n) is 10.7. The van der Waals surface area contributed by atoms with Crippen molar-refractivity contribution in [3.05, 3.63) is 34.9 Å². The minimum atomic E-state index is 0.325. The second-order valence-corrected chi connectivity index (χ2v) is 4.64. The van der Waals surface area contributed by atoms with Crippen LogP contribution in [-0.2, 0) is 11.2 Å². The Hall–Kier alpha value is -1.15. The number of carbonyl (C=O) groups excluding carboxylic acids is 1. The SMILES string of the molecule is Cc1cccc(C)c1CC(=O)CCN(C)C. The summed E-state index contributed by atoms with van der Waals surface area (Å²) in [5.41, 5.74) is 3.64. The van der Waals surface area contributed by atoms with Gasteiger partial charge in [0, 0.05) is 19.4 Å². The van der Waals surface area contributed by atoms with Gasteiger partial charge in [-0.1, -0.05) is 18.2 Å². The van der Waals surface area contributed by atoms with Crippen LogP contribution in [0.4, 0.5) is 0 Å². The summed E-state index contributed by atoms with van der Waals surface area (Å²) in [6.45, 7) is 4.98. The van der Waals surface area contributed by atoms with Crippen molar-refractivity contribution >= 4 is 5.78 Å². The van der Waals surface area contributed by atoms with Crippen LogP contribution in [0.25, 0.3) is 0 Å². The van der Waals surface area contributed by atoms with Crippen LogP contribution < -0.4 is 0 Å². The number of carbonyl (C=O) groups is 1. The van der Waals surface area contributed by atoms with Gasteiger partial charge in [-0.05, 0) is 44.6 Å². The molecule has 0 aliphatic carbocycles. The van der Waals surface area contributed by atoms with Gasteiger partial charge >= 0.3 is 0 Å². The van der Waals surface area contributed by atoms with Crippen LogP contribution in [0.5, 0.6) is 0 Å². The Morgan fingerprint density at radius 3 is 2.25 bits per heavy atom. The zero-order chi connectivity index (χ0) is 12.1. The first-order valence-electron chi connectivity index (χ1n) is 5.72. The highest BCUT2D eigenvalue weighted by Crippen LogP contribution is 2.14. The van der Waals surface area contributed by atoms with Crippen LogP contribution in [0, 0.1) is 13.8 Å². The third-order valence-corrected chi connectivity index (χ3v) is 2.86. The standard InChI is InChI=1S/C14H21NO/c1-11-6-5-7-12(2)14(11)10-13(16)8-9-15(3)4/h5-7H,8-10H2,1-4H3. The summed E-state index contributed by atoms with van der Waals surface area (Å²) in [5.74, 6) is 0.325. The summed E-state index contributed by atoms with van der Waals surface area (Å²) in [6.07, 6.45) is 1.22. The fourth-order valence-corrected chi connectivity index (χ4v) is 1.76. The molecule has 0 aromatic heterocycles. The monoisotopic (exact) mass is 219 g/mol. The van der Waals surface area contributed by atoms with Crippen molar-refractivity contribution in [1.29, 1.82) is 0 Å². The molecule has 88 valence electrons. The van der Waals surface area contributed by atoms with E-state index in [0.717, 1.165) is 6.54 Å². The fraction of sp³-hybridized carbons (Fsp3) is 0.500. The number of benzene rings is 1. The summed E-state index contributed by atoms with van der Waals surface area (Å²) in [6, 6.07) is 6.18. The summed E-state index contributed by atoms with van der Waals surface area (Å²) >= 11 is 0. The van der Waals surface area contributed by atoms with E-state index in [1.165, 1.54) is 16.7 Å². The van der Waals surface area contributed by atoms with Gasteiger partial charge < -0.3 is 4.90 Å². The molecule has 0 N–H and O–H groups in total. The Bertz CT molecular complexity index is 349. The summed E-state index contributed by atoms with van der Waals surface area (Å²) in [7, 11) is 3.98. The van der Waals surface area contributed by atoms with Crippen LogP contribution in [0.15, 0.2) is 18.2 Å². The van der Waals surface area contributed by atoms with Crippen molar-refractivity contribution in [2.45, 2.75) is 26.7 Å². The van der Waals surface area contributed by atoms with Gasteiger partial charge in [-0.3, -0.25) is 4.79 Å². The lowest BCUT2D eigenvalue weighted by Crippen LogP contribution is -2.18. The second-order valence-electron chi connectivity index (χ2n) is 4.64. The molecule has 16 heavy (non-hydrogen) atoms. The minimum Gasteiger partial charge on any atom is -0.309 e. The van der Waals surface area contributed by atoms with Crippen LogP contribution in [-0.4, -0.2) is 31.3 Å². The first-order chi connectivity index (χ1) is 7.50. The van der Waals surface area contributed by atoms with Crippen LogP contribution in [0.3, 0.4) is 0 Å². The van der Waals surface area contributed by atoms with Crippen molar-refractivity contribution in [3.63, 3.8) is 0 Å². The van der Waals surface area contributed by atoms with E-state index in [1.807, 2.05) is 25.1 Å². The maximum Gasteiger partial charge on any atom is 0.138 e. The average molecular weight is 219 g/mol. The Labute approximate surface area is 98.3 Å². The molecule has 0 fully saturated rings. The van der Waals surface area contributed by atoms with Gasteiger partial charge in [0.1, 0.15) is 5.78 Å². The molecule has 2 nitrogen and oxygen atoms in total. The van der Waals surface area contributed by atoms with Gasteiger partial charge in [0.15, 0.2) is 0 Å². The summed E-state index contributed by atoms with van der Waals surface area (Å²) in [5, 5.41) is 0. The molecule has 0 unspecified atom stereocenters. The smallest absolute Gasteiger partial charge is 0.138 e. The predicted octanol–water partition coefficient (Wildman–Crippen LogP) is 2.37. The first-order valence-corrected chi connectivity index (χ1v) is 5.72. The predicted molar refractivity (Wildman–Crippen MR) is 67.8 cm³/mol. The molecular formula is C14H21NO. The number of rotatable bonds is 5. The number of nitrogens with zero attached hydrogens (tertiary/aromatic N) is 1. The molecule has 0 saturated heterocycles. The maximum absolute atomic E-state index is 11.8. The normalized spacial score (nSPS) is 10.8. The van der Waals surface area contributed by atoms with E-state index in [9.17, 15) is 4.79 Å². The number of hydrogen-bond donors (Lipinski definition) is 0. The van der Waals surface area contributed by atoms with E-state index >= 15 is 0 Å². The van der Waals surface area contributed by atoms with E-state index in [1.54, 1.807) is 0 Å². The highest BCUT2D eigenvalue weighted by Gasteiger charge is 2.08. The Balaban J connectivity index is 2.63. The fourth-order valence-electron chi connectivity index (χ4n) is 1.76. The molecule has 0 amide bonds. The number of ketones is 1. The van der Waals surface area contributed by atoms with E-state index < -0.39 is 0 Å². The molecule has 0 radical (unpaired) electrons. The molecule has 1 rings (SSSR count). The summed E-state index contributed by atoms with van der Waals surface area (Å²) in [4.78, 5) is 13.8. The van der Waals surface area contributed by atoms with E-state index in [-0.39, 0.29) is 0 Å². The van der Waals surface area contributed by atoms with Crippen molar-refractivity contribution in [2.24, 2.45) is 0 Å². The number of aryl methyl sites for hydroxylation is 2. The summed E-state index contributed by atoms with van der Waals surface area (Å²) < 4.78 is 0. The van der Waals surface area contributed by atoms with Crippen LogP contribution in [0.1, 0.15) is 23.1 Å². The Morgan fingerprint density at radius 1 is 1.19 bits per heavy atom. The van der Waals surface area contributed by atoms with Gasteiger partial charge in [-0.2, -0.15) is 0 Å². The van der Waals surface area contributed by atoms with Crippen molar-refractivity contribution in [3.8, 4) is 0 Å². The minimum absolute atomic E-state index is 0.325. The largest absolute Gasteiger partial charge is 0.309 e. The molecule has 0 aliphatic rings. The molecular weight excluding hydrogens is 198 g/mol. The number of Topliss-reactive ketones (excluding diaryl/α,β-unsaturated/α-hetero) is 1. The van der Waals surface area contributed by atoms with Crippen molar-refractivity contribution in [1.82, 2.24) is 4.90 Å². The molecule has 0 aliphatic heterocycles. The van der Waals surface area contributed by atoms with Gasteiger partial charge in [-0.25, -0.2) is 0 Å². The highest BCUT2D eigenvalue weighted by molar-refractivity contribution is 5.81. The van der Waals surface area contributed by atoms with E-state index in [4.69, 9.17) is 0 Å². The Kier molecular flexibility index (Phi) is 4.69. The zero-order valence-corrected chi connectivity index (χ0v) is 10.7. The molecule has 0 saturated carbocycles. The van der Waals surface area contributed by atoms with Crippen LogP contribution in [0.2, 0.25) is 0 Å². The van der Waals surface area contributed by atoms with Gasteiger partial charge in [-0.15, -0.1) is 0 Å². The van der Waals surface area contributed by atoms with Crippen LogP contribution >= 0.6 is 0 Å². The lowest BCUT2D eigenvalue weighted by Gasteiger charge is -2.11. The third kappa shape index (κ3) is 3.78. The molecule has 0 spiro atoms. The molecule has 2 heteroatoms. The molecule has 0 bridgehead atoms. The van der Waals surface area contributed by atoms with E-state index in [0.29, 0.717) is 18.6 Å². The van der Waals surface area contributed by atoms with Gasteiger partial charge in [0.05, 0.1) is 0 Å². The topological polar surface area (TPSA) is 20.3 Å². The first kappa shape index (κ1) is 12.9. The highest BCUT2D eigenvalue weighted by atomic mass is 16.1. The molecule has 0 heterocycles. The van der Waals surface area contributed by atoms with E-state index in [2.05, 4.69) is 26.0 Å². The molecule has 1 aromatic carbocycles. The quantitative estimate of drug-likeness (QED) is 0.757. The van der Waals surface area contributed by atoms with Crippen molar-refractivity contribution < 1.29 is 4.79 Å². The lowest BCUT2D eigenvalue weighted by atomic mass is 9.97. The lowest BCUT2D eigenvalue weighted by molar-refractivity contribution is -0.118. The second kappa shape index (κ2) is 5.80. The molecule has 0 atom stereocenters. The van der Waals surface area contributed by atoms with Crippen molar-refractivity contribution in [2.75, 3.05) is 20.6 Å². The Morgan fingerprint density at radius 2 is 1.75 bits per heavy atom. The number of hydrogen-bond acceptors (Lipinski definition) is 2.